The average molecular weight is 312 g/mol. The van der Waals surface area contributed by atoms with Crippen molar-refractivity contribution in [3.63, 3.8) is 0 Å². The molecule has 0 radical (unpaired) electrons. The number of rotatable bonds is 1. The van der Waals surface area contributed by atoms with E-state index in [4.69, 9.17) is 0 Å². The van der Waals surface area contributed by atoms with Gasteiger partial charge < -0.3 is 0 Å². The lowest BCUT2D eigenvalue weighted by atomic mass is 10.0. The van der Waals surface area contributed by atoms with Gasteiger partial charge in [0.25, 0.3) is 0 Å². The van der Waals surface area contributed by atoms with Crippen LogP contribution in [-0.4, -0.2) is 17.2 Å². The topological polar surface area (TPSA) is 25.2 Å². The molecule has 0 aliphatic carbocycles. The monoisotopic (exact) mass is 310 g/mol. The van der Waals surface area contributed by atoms with Crippen LogP contribution in [0.5, 0.6) is 0 Å². The first-order chi connectivity index (χ1) is 6.36. The molecule has 84 valence electrons. The van der Waals surface area contributed by atoms with Crippen molar-refractivity contribution in [2.24, 2.45) is 4.99 Å². The van der Waals surface area contributed by atoms with Crippen molar-refractivity contribution in [3.8, 4) is 0 Å². The van der Waals surface area contributed by atoms with Crippen molar-refractivity contribution in [3.05, 3.63) is 28.5 Å². The summed E-state index contributed by atoms with van der Waals surface area (Å²) in [6, 6.07) is 2.08. The highest BCUT2D eigenvalue weighted by atomic mass is 79.9. The summed E-state index contributed by atoms with van der Waals surface area (Å²) in [7, 11) is 0. The summed E-state index contributed by atoms with van der Waals surface area (Å²) < 4.78 is 1.03. The maximum Gasteiger partial charge on any atom is 0.0436 e. The number of aliphatic imine (C=N–C) groups is 1. The summed E-state index contributed by atoms with van der Waals surface area (Å²) in [5.41, 5.74) is 2.37. The molecule has 0 unspecified atom stereocenters. The fourth-order valence-corrected chi connectivity index (χ4v) is 1.87. The minimum absolute atomic E-state index is 0. The summed E-state index contributed by atoms with van der Waals surface area (Å²) in [6.07, 6.45) is 7.26. The second-order valence-corrected chi connectivity index (χ2v) is 4.09. The SMILES string of the molecule is Brc1cncc(C2=NCCCC2)c1.Cl.Cl. The summed E-state index contributed by atoms with van der Waals surface area (Å²) in [4.78, 5) is 8.63. The van der Waals surface area contributed by atoms with Gasteiger partial charge in [-0.15, -0.1) is 24.8 Å². The van der Waals surface area contributed by atoms with Gasteiger partial charge in [0.1, 0.15) is 0 Å². The minimum atomic E-state index is 0. The minimum Gasteiger partial charge on any atom is -0.289 e. The standard InChI is InChI=1S/C10H11BrN2.2ClH/c11-9-5-8(6-12-7-9)10-3-1-2-4-13-10;;/h5-7H,1-4H2;2*1H. The highest BCUT2D eigenvalue weighted by Crippen LogP contribution is 2.16. The molecule has 2 heterocycles. The van der Waals surface area contributed by atoms with Crippen molar-refractivity contribution in [1.29, 1.82) is 0 Å². The van der Waals surface area contributed by atoms with Crippen LogP contribution in [-0.2, 0) is 0 Å². The Morgan fingerprint density at radius 3 is 2.53 bits per heavy atom. The Morgan fingerprint density at radius 1 is 1.13 bits per heavy atom. The summed E-state index contributed by atoms with van der Waals surface area (Å²) in [5, 5.41) is 0. The summed E-state index contributed by atoms with van der Waals surface area (Å²) in [5.74, 6) is 0. The van der Waals surface area contributed by atoms with Crippen molar-refractivity contribution < 1.29 is 0 Å². The van der Waals surface area contributed by atoms with E-state index in [0.717, 1.165) is 23.0 Å². The second kappa shape index (κ2) is 7.20. The van der Waals surface area contributed by atoms with Crippen LogP contribution in [0.15, 0.2) is 27.9 Å². The van der Waals surface area contributed by atoms with E-state index >= 15 is 0 Å². The van der Waals surface area contributed by atoms with Crippen molar-refractivity contribution in [1.82, 2.24) is 4.98 Å². The third kappa shape index (κ3) is 4.09. The third-order valence-corrected chi connectivity index (χ3v) is 2.60. The van der Waals surface area contributed by atoms with E-state index in [9.17, 15) is 0 Å². The predicted molar refractivity (Wildman–Crippen MR) is 71.7 cm³/mol. The Bertz CT molecular complexity index is 342. The number of nitrogens with zero attached hydrogens (tertiary/aromatic N) is 2. The van der Waals surface area contributed by atoms with Crippen molar-refractivity contribution in [2.75, 3.05) is 6.54 Å². The van der Waals surface area contributed by atoms with Crippen LogP contribution in [0.1, 0.15) is 24.8 Å². The molecule has 0 fully saturated rings. The van der Waals surface area contributed by atoms with Gasteiger partial charge in [-0.25, -0.2) is 0 Å². The van der Waals surface area contributed by atoms with Crippen LogP contribution in [0.4, 0.5) is 0 Å². The quantitative estimate of drug-likeness (QED) is 0.777. The molecular weight excluding hydrogens is 299 g/mol. The van der Waals surface area contributed by atoms with Gasteiger partial charge >= 0.3 is 0 Å². The lowest BCUT2D eigenvalue weighted by Gasteiger charge is -2.11. The molecule has 0 atom stereocenters. The zero-order valence-electron chi connectivity index (χ0n) is 8.15. The lowest BCUT2D eigenvalue weighted by molar-refractivity contribution is 0.738. The van der Waals surface area contributed by atoms with E-state index in [1.807, 2.05) is 6.20 Å². The molecule has 0 saturated heterocycles. The van der Waals surface area contributed by atoms with Crippen LogP contribution in [0.2, 0.25) is 0 Å². The first-order valence-corrected chi connectivity index (χ1v) is 5.30. The van der Waals surface area contributed by atoms with Gasteiger partial charge in [-0.2, -0.15) is 0 Å². The lowest BCUT2D eigenvalue weighted by Crippen LogP contribution is -2.07. The van der Waals surface area contributed by atoms with Crippen molar-refractivity contribution >= 4 is 46.5 Å². The van der Waals surface area contributed by atoms with E-state index in [0.29, 0.717) is 0 Å². The molecule has 1 aromatic heterocycles. The van der Waals surface area contributed by atoms with Gasteiger partial charge in [0.15, 0.2) is 0 Å². The average Bonchev–Trinajstić information content (AvgIpc) is 2.19. The van der Waals surface area contributed by atoms with Crippen LogP contribution in [0, 0.1) is 0 Å². The van der Waals surface area contributed by atoms with E-state index in [-0.39, 0.29) is 24.8 Å². The maximum atomic E-state index is 4.50. The highest BCUT2D eigenvalue weighted by Gasteiger charge is 2.07. The van der Waals surface area contributed by atoms with E-state index in [1.165, 1.54) is 18.6 Å². The normalized spacial score (nSPS) is 14.6. The number of hydrogen-bond donors (Lipinski definition) is 0. The first-order valence-electron chi connectivity index (χ1n) is 4.50. The number of hydrogen-bond acceptors (Lipinski definition) is 2. The molecule has 2 nitrogen and oxygen atoms in total. The largest absolute Gasteiger partial charge is 0.289 e. The first kappa shape index (κ1) is 14.9. The molecule has 0 N–H and O–H groups in total. The fourth-order valence-electron chi connectivity index (χ4n) is 1.50. The molecule has 15 heavy (non-hydrogen) atoms. The summed E-state index contributed by atoms with van der Waals surface area (Å²) >= 11 is 3.41. The molecule has 0 amide bonds. The molecule has 1 aliphatic rings. The molecule has 2 rings (SSSR count). The van der Waals surface area contributed by atoms with Crippen LogP contribution in [0.25, 0.3) is 0 Å². The molecule has 0 aromatic carbocycles. The molecule has 5 heteroatoms. The van der Waals surface area contributed by atoms with Gasteiger partial charge in [-0.1, -0.05) is 0 Å². The van der Waals surface area contributed by atoms with Crippen LogP contribution < -0.4 is 0 Å². The zero-order chi connectivity index (χ0) is 9.10. The second-order valence-electron chi connectivity index (χ2n) is 3.18. The van der Waals surface area contributed by atoms with Crippen molar-refractivity contribution in [2.45, 2.75) is 19.3 Å². The number of halogens is 3. The fraction of sp³-hybridized carbons (Fsp3) is 0.400. The zero-order valence-corrected chi connectivity index (χ0v) is 11.4. The third-order valence-electron chi connectivity index (χ3n) is 2.16. The van der Waals surface area contributed by atoms with Gasteiger partial charge in [0.05, 0.1) is 0 Å². The Labute approximate surface area is 111 Å². The maximum absolute atomic E-state index is 4.50. The molecule has 1 aliphatic heterocycles. The Balaban J connectivity index is 0.000000980. The Morgan fingerprint density at radius 2 is 1.93 bits per heavy atom. The Hall–Kier alpha value is -0.120. The molecular formula is C10H13BrCl2N2. The van der Waals surface area contributed by atoms with E-state index < -0.39 is 0 Å². The molecule has 0 bridgehead atoms. The number of aromatic nitrogens is 1. The molecule has 0 spiro atoms. The van der Waals surface area contributed by atoms with Gasteiger partial charge in [0, 0.05) is 34.7 Å². The van der Waals surface area contributed by atoms with Gasteiger partial charge in [-0.05, 0) is 41.3 Å². The summed E-state index contributed by atoms with van der Waals surface area (Å²) in [6.45, 7) is 0.974. The highest BCUT2D eigenvalue weighted by molar-refractivity contribution is 9.10. The molecule has 0 saturated carbocycles. The Kier molecular flexibility index (Phi) is 7.14. The smallest absolute Gasteiger partial charge is 0.0436 e. The molecule has 1 aromatic rings. The van der Waals surface area contributed by atoms with E-state index in [2.05, 4.69) is 32.0 Å². The van der Waals surface area contributed by atoms with Gasteiger partial charge in [-0.3, -0.25) is 9.98 Å². The van der Waals surface area contributed by atoms with E-state index in [1.54, 1.807) is 6.20 Å². The van der Waals surface area contributed by atoms with Gasteiger partial charge in [0.2, 0.25) is 0 Å². The number of pyridine rings is 1. The van der Waals surface area contributed by atoms with Crippen LogP contribution in [0.3, 0.4) is 0 Å². The predicted octanol–water partition coefficient (Wildman–Crippen LogP) is 3.66. The van der Waals surface area contributed by atoms with Crippen LogP contribution >= 0.6 is 40.7 Å².